The molecule has 2 unspecified atom stereocenters. The van der Waals surface area contributed by atoms with Crippen LogP contribution in [0.25, 0.3) is 0 Å². The van der Waals surface area contributed by atoms with Gasteiger partial charge < -0.3 is 4.90 Å². The third-order valence-corrected chi connectivity index (χ3v) is 8.36. The molecule has 0 aromatic heterocycles. The van der Waals surface area contributed by atoms with Crippen LogP contribution >= 0.6 is 0 Å². The first-order valence-electron chi connectivity index (χ1n) is 12.6. The van der Waals surface area contributed by atoms with Crippen molar-refractivity contribution in [3.8, 4) is 0 Å². The molecule has 3 aliphatic carbocycles. The van der Waals surface area contributed by atoms with Crippen LogP contribution in [0.4, 0.5) is 0 Å². The van der Waals surface area contributed by atoms with Crippen molar-refractivity contribution < 1.29 is 0 Å². The lowest BCUT2D eigenvalue weighted by atomic mass is 9.80. The number of hydrogen-bond acceptors (Lipinski definition) is 3. The van der Waals surface area contributed by atoms with Crippen LogP contribution in [-0.4, -0.2) is 41.8 Å². The summed E-state index contributed by atoms with van der Waals surface area (Å²) in [5, 5.41) is 7.73. The maximum absolute atomic E-state index is 3.91. The molecular weight excluding hydrogens is 342 g/mol. The van der Waals surface area contributed by atoms with Crippen LogP contribution in [-0.2, 0) is 0 Å². The Morgan fingerprint density at radius 1 is 1.07 bits per heavy atom. The van der Waals surface area contributed by atoms with E-state index in [1.807, 2.05) is 0 Å². The van der Waals surface area contributed by atoms with Crippen molar-refractivity contribution in [2.24, 2.45) is 5.92 Å². The van der Waals surface area contributed by atoms with E-state index in [1.165, 1.54) is 103 Å². The third-order valence-electron chi connectivity index (χ3n) is 8.36. The van der Waals surface area contributed by atoms with Gasteiger partial charge in [0.05, 0.1) is 6.17 Å². The molecule has 0 spiro atoms. The molecule has 4 rings (SSSR count). The standard InChI is InChI=1S/C25H45N3/c1-20(26-23-6-3-4-7-23)27-25(2)16-12-21(13-17-25)10-11-22-14-18-28(19-15-22)24-8-5-9-24/h12,20,22-24,26-27H,3-11,13-19H2,1-2H3. The minimum absolute atomic E-state index is 0.280. The number of hydrogen-bond donors (Lipinski definition) is 2. The van der Waals surface area contributed by atoms with Crippen molar-refractivity contribution in [1.82, 2.24) is 15.5 Å². The Labute approximate surface area is 174 Å². The number of nitrogens with zero attached hydrogens (tertiary/aromatic N) is 1. The predicted octanol–water partition coefficient (Wildman–Crippen LogP) is 5.37. The van der Waals surface area contributed by atoms with Crippen LogP contribution in [0.1, 0.15) is 104 Å². The van der Waals surface area contributed by atoms with Crippen molar-refractivity contribution in [1.29, 1.82) is 0 Å². The molecule has 1 saturated heterocycles. The van der Waals surface area contributed by atoms with Crippen LogP contribution in [0.5, 0.6) is 0 Å². The van der Waals surface area contributed by atoms with Crippen LogP contribution in [0, 0.1) is 5.92 Å². The first-order valence-corrected chi connectivity index (χ1v) is 12.6. The molecule has 1 aliphatic heterocycles. The zero-order valence-corrected chi connectivity index (χ0v) is 18.6. The topological polar surface area (TPSA) is 27.3 Å². The minimum atomic E-state index is 0.280. The Morgan fingerprint density at radius 2 is 1.82 bits per heavy atom. The van der Waals surface area contributed by atoms with E-state index < -0.39 is 0 Å². The smallest absolute Gasteiger partial charge is 0.0548 e. The van der Waals surface area contributed by atoms with E-state index in [9.17, 15) is 0 Å². The summed E-state index contributed by atoms with van der Waals surface area (Å²) in [6, 6.07) is 1.70. The second kappa shape index (κ2) is 9.62. The van der Waals surface area contributed by atoms with Crippen LogP contribution in [0.15, 0.2) is 11.6 Å². The Kier molecular flexibility index (Phi) is 7.17. The second-order valence-corrected chi connectivity index (χ2v) is 10.7. The lowest BCUT2D eigenvalue weighted by Gasteiger charge is -2.42. The summed E-state index contributed by atoms with van der Waals surface area (Å²) >= 11 is 0. The summed E-state index contributed by atoms with van der Waals surface area (Å²) in [7, 11) is 0. The fourth-order valence-corrected chi connectivity index (χ4v) is 6.13. The van der Waals surface area contributed by atoms with Gasteiger partial charge in [0, 0.05) is 17.6 Å². The van der Waals surface area contributed by atoms with Gasteiger partial charge in [-0.15, -0.1) is 0 Å². The highest BCUT2D eigenvalue weighted by Crippen LogP contribution is 2.34. The van der Waals surface area contributed by atoms with Crippen molar-refractivity contribution in [3.63, 3.8) is 0 Å². The van der Waals surface area contributed by atoms with Crippen molar-refractivity contribution in [2.75, 3.05) is 13.1 Å². The molecule has 160 valence electrons. The molecule has 3 nitrogen and oxygen atoms in total. The van der Waals surface area contributed by atoms with Gasteiger partial charge in [-0.1, -0.05) is 30.9 Å². The van der Waals surface area contributed by atoms with E-state index in [1.54, 1.807) is 5.57 Å². The summed E-state index contributed by atoms with van der Waals surface area (Å²) in [5.74, 6) is 0.985. The van der Waals surface area contributed by atoms with E-state index in [2.05, 4.69) is 35.5 Å². The van der Waals surface area contributed by atoms with E-state index in [0.717, 1.165) is 18.0 Å². The summed E-state index contributed by atoms with van der Waals surface area (Å²) in [6.45, 7) is 7.51. The van der Waals surface area contributed by atoms with Crippen LogP contribution in [0.2, 0.25) is 0 Å². The Morgan fingerprint density at radius 3 is 2.43 bits per heavy atom. The van der Waals surface area contributed by atoms with Crippen molar-refractivity contribution in [3.05, 3.63) is 11.6 Å². The largest absolute Gasteiger partial charge is 0.300 e. The maximum Gasteiger partial charge on any atom is 0.0548 e. The summed E-state index contributed by atoms with van der Waals surface area (Å²) in [6.07, 6.45) is 22.5. The molecule has 1 heterocycles. The zero-order chi connectivity index (χ0) is 19.4. The molecule has 0 bridgehead atoms. The Bertz CT molecular complexity index is 512. The molecule has 2 saturated carbocycles. The molecule has 4 aliphatic rings. The summed E-state index contributed by atoms with van der Waals surface area (Å²) in [4.78, 5) is 2.79. The highest BCUT2D eigenvalue weighted by Gasteiger charge is 2.31. The first kappa shape index (κ1) is 20.9. The first-order chi connectivity index (χ1) is 13.6. The van der Waals surface area contributed by atoms with Gasteiger partial charge in [0.25, 0.3) is 0 Å². The number of piperidine rings is 1. The van der Waals surface area contributed by atoms with E-state index in [0.29, 0.717) is 6.17 Å². The monoisotopic (exact) mass is 387 g/mol. The SMILES string of the molecule is CC(NC1CCCC1)NC1(C)CC=C(CCC2CCN(C3CCC3)CC2)CC1. The molecule has 0 radical (unpaired) electrons. The zero-order valence-electron chi connectivity index (χ0n) is 18.6. The Balaban J connectivity index is 1.14. The normalized spacial score (nSPS) is 32.3. The fourth-order valence-electron chi connectivity index (χ4n) is 6.13. The van der Waals surface area contributed by atoms with E-state index in [4.69, 9.17) is 0 Å². The maximum atomic E-state index is 3.91. The number of allylic oxidation sites excluding steroid dienone is 1. The second-order valence-electron chi connectivity index (χ2n) is 10.7. The highest BCUT2D eigenvalue weighted by atomic mass is 15.2. The average Bonchev–Trinajstić information content (AvgIpc) is 3.13. The highest BCUT2D eigenvalue weighted by molar-refractivity contribution is 5.12. The molecule has 0 aromatic rings. The van der Waals surface area contributed by atoms with Gasteiger partial charge in [-0.25, -0.2) is 0 Å². The van der Waals surface area contributed by atoms with Crippen LogP contribution in [0.3, 0.4) is 0 Å². The number of likely N-dealkylation sites (tertiary alicyclic amines) is 1. The molecule has 0 amide bonds. The molecule has 2 N–H and O–H groups in total. The van der Waals surface area contributed by atoms with E-state index >= 15 is 0 Å². The molecule has 28 heavy (non-hydrogen) atoms. The van der Waals surface area contributed by atoms with Gasteiger partial charge in [-0.05, 0) is 103 Å². The summed E-state index contributed by atoms with van der Waals surface area (Å²) < 4.78 is 0. The Hall–Kier alpha value is -0.380. The lowest BCUT2D eigenvalue weighted by Crippen LogP contribution is -2.54. The van der Waals surface area contributed by atoms with Gasteiger partial charge in [-0.3, -0.25) is 10.6 Å². The molecule has 0 aromatic carbocycles. The fraction of sp³-hybridized carbons (Fsp3) is 0.920. The quantitative estimate of drug-likeness (QED) is 0.433. The van der Waals surface area contributed by atoms with Gasteiger partial charge in [0.2, 0.25) is 0 Å². The predicted molar refractivity (Wildman–Crippen MR) is 119 cm³/mol. The van der Waals surface area contributed by atoms with Crippen molar-refractivity contribution >= 4 is 0 Å². The van der Waals surface area contributed by atoms with Gasteiger partial charge in [0.1, 0.15) is 0 Å². The van der Waals surface area contributed by atoms with Crippen molar-refractivity contribution in [2.45, 2.75) is 128 Å². The summed E-state index contributed by atoms with van der Waals surface area (Å²) in [5.41, 5.74) is 2.03. The molecule has 3 heteroatoms. The number of nitrogens with one attached hydrogen (secondary N) is 2. The number of rotatable bonds is 8. The molecular formula is C25H45N3. The van der Waals surface area contributed by atoms with Gasteiger partial charge in [0.15, 0.2) is 0 Å². The van der Waals surface area contributed by atoms with Crippen LogP contribution < -0.4 is 10.6 Å². The lowest BCUT2D eigenvalue weighted by molar-refractivity contribution is 0.0827. The third kappa shape index (κ3) is 5.61. The van der Waals surface area contributed by atoms with Gasteiger partial charge >= 0.3 is 0 Å². The molecule has 3 fully saturated rings. The van der Waals surface area contributed by atoms with E-state index in [-0.39, 0.29) is 5.54 Å². The average molecular weight is 388 g/mol. The van der Waals surface area contributed by atoms with Gasteiger partial charge in [-0.2, -0.15) is 0 Å². The molecule has 2 atom stereocenters. The minimum Gasteiger partial charge on any atom is -0.300 e.